The molecule has 0 radical (unpaired) electrons. The molecule has 0 aromatic heterocycles. The smallest absolute Gasteiger partial charge is 0.217 e. The summed E-state index contributed by atoms with van der Waals surface area (Å²) < 4.78 is 5.17. The van der Waals surface area contributed by atoms with Crippen molar-refractivity contribution in [2.45, 2.75) is 25.8 Å². The zero-order chi connectivity index (χ0) is 7.40. The van der Waals surface area contributed by atoms with Crippen LogP contribution in [0.25, 0.3) is 0 Å². The van der Waals surface area contributed by atoms with Crippen molar-refractivity contribution in [2.75, 3.05) is 13.2 Å². The van der Waals surface area contributed by atoms with Crippen LogP contribution in [0.1, 0.15) is 19.8 Å². The summed E-state index contributed by atoms with van der Waals surface area (Å²) in [6.07, 6.45) is 2.12. The van der Waals surface area contributed by atoms with Crippen LogP contribution in [0.4, 0.5) is 0 Å². The van der Waals surface area contributed by atoms with E-state index >= 15 is 0 Å². The van der Waals surface area contributed by atoms with Crippen LogP contribution in [0.15, 0.2) is 0 Å². The fourth-order valence-electron chi connectivity index (χ4n) is 1.14. The Balaban J connectivity index is 2.19. The molecule has 3 nitrogen and oxygen atoms in total. The third kappa shape index (κ3) is 2.35. The van der Waals surface area contributed by atoms with Crippen LogP contribution in [0.2, 0.25) is 0 Å². The largest absolute Gasteiger partial charge is 0.379 e. The standard InChI is InChI=1S/C7H13NO2/c1-6(9)8-7-3-2-4-10-5-7/h7H,2-5H2,1H3,(H,8,9)/t7-/m0/s1. The Labute approximate surface area is 60.7 Å². The van der Waals surface area contributed by atoms with Gasteiger partial charge in [-0.2, -0.15) is 0 Å². The van der Waals surface area contributed by atoms with Gasteiger partial charge in [0.1, 0.15) is 0 Å². The topological polar surface area (TPSA) is 38.3 Å². The van der Waals surface area contributed by atoms with Crippen molar-refractivity contribution >= 4 is 5.91 Å². The Morgan fingerprint density at radius 3 is 3.00 bits per heavy atom. The minimum absolute atomic E-state index is 0.0375. The second-order valence-corrected chi connectivity index (χ2v) is 2.61. The monoisotopic (exact) mass is 143 g/mol. The Hall–Kier alpha value is -0.570. The fraction of sp³-hybridized carbons (Fsp3) is 0.857. The van der Waals surface area contributed by atoms with E-state index in [0.717, 1.165) is 19.4 Å². The minimum Gasteiger partial charge on any atom is -0.379 e. The predicted molar refractivity (Wildman–Crippen MR) is 37.7 cm³/mol. The Bertz CT molecular complexity index is 119. The number of carbonyl (C=O) groups excluding carboxylic acids is 1. The molecule has 0 aromatic rings. The van der Waals surface area contributed by atoms with E-state index in [4.69, 9.17) is 4.74 Å². The lowest BCUT2D eigenvalue weighted by molar-refractivity contribution is -0.120. The maximum Gasteiger partial charge on any atom is 0.217 e. The summed E-state index contributed by atoms with van der Waals surface area (Å²) in [6, 6.07) is 0.256. The van der Waals surface area contributed by atoms with Crippen LogP contribution in [0.5, 0.6) is 0 Å². The number of carbonyl (C=O) groups is 1. The zero-order valence-corrected chi connectivity index (χ0v) is 6.22. The van der Waals surface area contributed by atoms with Crippen LogP contribution in [0.3, 0.4) is 0 Å². The molecule has 58 valence electrons. The average Bonchev–Trinajstić information content (AvgIpc) is 1.88. The quantitative estimate of drug-likeness (QED) is 0.573. The highest BCUT2D eigenvalue weighted by molar-refractivity contribution is 5.73. The SMILES string of the molecule is CC(=O)N[C@H]1CCCOC1. The first-order chi connectivity index (χ1) is 4.79. The summed E-state index contributed by atoms with van der Waals surface area (Å²) >= 11 is 0. The summed E-state index contributed by atoms with van der Waals surface area (Å²) in [6.45, 7) is 3.06. The Morgan fingerprint density at radius 1 is 1.70 bits per heavy atom. The molecule has 1 aliphatic heterocycles. The highest BCUT2D eigenvalue weighted by atomic mass is 16.5. The first-order valence-electron chi connectivity index (χ1n) is 3.64. The van der Waals surface area contributed by atoms with E-state index < -0.39 is 0 Å². The van der Waals surface area contributed by atoms with Gasteiger partial charge in [0.2, 0.25) is 5.91 Å². The lowest BCUT2D eigenvalue weighted by Crippen LogP contribution is -2.39. The van der Waals surface area contributed by atoms with Crippen molar-refractivity contribution in [3.05, 3.63) is 0 Å². The molecule has 3 heteroatoms. The first-order valence-corrected chi connectivity index (χ1v) is 3.64. The van der Waals surface area contributed by atoms with Crippen LogP contribution in [-0.2, 0) is 9.53 Å². The molecular weight excluding hydrogens is 130 g/mol. The van der Waals surface area contributed by atoms with Gasteiger partial charge in [0, 0.05) is 13.5 Å². The summed E-state index contributed by atoms with van der Waals surface area (Å²) in [7, 11) is 0. The van der Waals surface area contributed by atoms with Crippen molar-refractivity contribution in [1.29, 1.82) is 0 Å². The lowest BCUT2D eigenvalue weighted by Gasteiger charge is -2.22. The summed E-state index contributed by atoms with van der Waals surface area (Å²) in [5.41, 5.74) is 0. The van der Waals surface area contributed by atoms with Gasteiger partial charge in [-0.3, -0.25) is 4.79 Å². The third-order valence-corrected chi connectivity index (χ3v) is 1.57. The molecule has 1 fully saturated rings. The predicted octanol–water partition coefficient (Wildman–Crippen LogP) is 0.302. The van der Waals surface area contributed by atoms with Gasteiger partial charge < -0.3 is 10.1 Å². The average molecular weight is 143 g/mol. The molecule has 1 aliphatic rings. The van der Waals surface area contributed by atoms with Crippen LogP contribution >= 0.6 is 0 Å². The van der Waals surface area contributed by atoms with Gasteiger partial charge >= 0.3 is 0 Å². The van der Waals surface area contributed by atoms with E-state index in [-0.39, 0.29) is 11.9 Å². The molecular formula is C7H13NO2. The van der Waals surface area contributed by atoms with Crippen LogP contribution < -0.4 is 5.32 Å². The van der Waals surface area contributed by atoms with E-state index in [0.29, 0.717) is 6.61 Å². The summed E-state index contributed by atoms with van der Waals surface area (Å²) in [5.74, 6) is 0.0375. The van der Waals surface area contributed by atoms with Gasteiger partial charge in [0.25, 0.3) is 0 Å². The molecule has 1 saturated heterocycles. The van der Waals surface area contributed by atoms with Gasteiger partial charge in [-0.15, -0.1) is 0 Å². The van der Waals surface area contributed by atoms with E-state index in [1.807, 2.05) is 0 Å². The van der Waals surface area contributed by atoms with Crippen molar-refractivity contribution in [3.63, 3.8) is 0 Å². The van der Waals surface area contributed by atoms with E-state index in [1.54, 1.807) is 0 Å². The van der Waals surface area contributed by atoms with Gasteiger partial charge in [-0.05, 0) is 12.8 Å². The van der Waals surface area contributed by atoms with Crippen molar-refractivity contribution in [2.24, 2.45) is 0 Å². The number of ether oxygens (including phenoxy) is 1. The van der Waals surface area contributed by atoms with E-state index in [1.165, 1.54) is 6.92 Å². The number of hydrogen-bond donors (Lipinski definition) is 1. The molecule has 0 aliphatic carbocycles. The van der Waals surface area contributed by atoms with Gasteiger partial charge in [0.15, 0.2) is 0 Å². The van der Waals surface area contributed by atoms with E-state index in [9.17, 15) is 4.79 Å². The molecule has 1 N–H and O–H groups in total. The normalized spacial score (nSPS) is 25.9. The Kier molecular flexibility index (Phi) is 2.68. The van der Waals surface area contributed by atoms with Crippen LogP contribution in [-0.4, -0.2) is 25.2 Å². The molecule has 10 heavy (non-hydrogen) atoms. The lowest BCUT2D eigenvalue weighted by atomic mass is 10.1. The molecule has 0 bridgehead atoms. The first kappa shape index (κ1) is 7.54. The maximum atomic E-state index is 10.5. The van der Waals surface area contributed by atoms with Crippen molar-refractivity contribution < 1.29 is 9.53 Å². The third-order valence-electron chi connectivity index (χ3n) is 1.57. The molecule has 0 spiro atoms. The molecule has 1 amide bonds. The van der Waals surface area contributed by atoms with Crippen molar-refractivity contribution in [1.82, 2.24) is 5.32 Å². The van der Waals surface area contributed by atoms with E-state index in [2.05, 4.69) is 5.32 Å². The van der Waals surface area contributed by atoms with Gasteiger partial charge in [-0.1, -0.05) is 0 Å². The Morgan fingerprint density at radius 2 is 2.50 bits per heavy atom. The molecule has 1 atom stereocenters. The van der Waals surface area contributed by atoms with Crippen LogP contribution in [0, 0.1) is 0 Å². The molecule has 0 saturated carbocycles. The fourth-order valence-corrected chi connectivity index (χ4v) is 1.14. The maximum absolute atomic E-state index is 10.5. The number of hydrogen-bond acceptors (Lipinski definition) is 2. The summed E-state index contributed by atoms with van der Waals surface area (Å²) in [4.78, 5) is 10.5. The highest BCUT2D eigenvalue weighted by Gasteiger charge is 2.13. The van der Waals surface area contributed by atoms with Crippen molar-refractivity contribution in [3.8, 4) is 0 Å². The number of amides is 1. The molecule has 1 rings (SSSR count). The van der Waals surface area contributed by atoms with Gasteiger partial charge in [0.05, 0.1) is 12.6 Å². The molecule has 0 aromatic carbocycles. The number of nitrogens with one attached hydrogen (secondary N) is 1. The minimum atomic E-state index is 0.0375. The molecule has 0 unspecified atom stereocenters. The zero-order valence-electron chi connectivity index (χ0n) is 6.22. The number of rotatable bonds is 1. The second-order valence-electron chi connectivity index (χ2n) is 2.61. The summed E-state index contributed by atoms with van der Waals surface area (Å²) in [5, 5.41) is 2.82. The van der Waals surface area contributed by atoms with Gasteiger partial charge in [-0.25, -0.2) is 0 Å². The second kappa shape index (κ2) is 3.56. The highest BCUT2D eigenvalue weighted by Crippen LogP contribution is 2.04. The molecule has 1 heterocycles.